The maximum Gasteiger partial charge on any atom is 0.318 e. The zero-order valence-corrected chi connectivity index (χ0v) is 8.96. The Hall–Kier alpha value is -1.75. The molecule has 0 spiro atoms. The SMILES string of the molecule is CC1(Oc2ccccc2)C(O)CN1C(N)=O. The number of hydrogen-bond acceptors (Lipinski definition) is 3. The summed E-state index contributed by atoms with van der Waals surface area (Å²) in [6.45, 7) is 1.84. The van der Waals surface area contributed by atoms with Gasteiger partial charge in [0.25, 0.3) is 0 Å². The van der Waals surface area contributed by atoms with Crippen molar-refractivity contribution >= 4 is 6.03 Å². The lowest BCUT2D eigenvalue weighted by atomic mass is 9.96. The lowest BCUT2D eigenvalue weighted by molar-refractivity contribution is -0.204. The van der Waals surface area contributed by atoms with E-state index in [9.17, 15) is 9.90 Å². The van der Waals surface area contributed by atoms with Crippen molar-refractivity contribution in [3.63, 3.8) is 0 Å². The summed E-state index contributed by atoms with van der Waals surface area (Å²) in [6, 6.07) is 8.42. The molecule has 0 bridgehead atoms. The fraction of sp³-hybridized carbons (Fsp3) is 0.364. The lowest BCUT2D eigenvalue weighted by Gasteiger charge is -2.52. The van der Waals surface area contributed by atoms with Gasteiger partial charge >= 0.3 is 6.03 Å². The number of amides is 2. The van der Waals surface area contributed by atoms with Crippen LogP contribution in [0.5, 0.6) is 5.75 Å². The summed E-state index contributed by atoms with van der Waals surface area (Å²) in [4.78, 5) is 12.4. The maximum absolute atomic E-state index is 11.1. The van der Waals surface area contributed by atoms with E-state index < -0.39 is 17.9 Å². The molecular formula is C11H14N2O3. The molecule has 5 nitrogen and oxygen atoms in total. The molecule has 1 aromatic carbocycles. The molecule has 0 aliphatic carbocycles. The monoisotopic (exact) mass is 222 g/mol. The fourth-order valence-electron chi connectivity index (χ4n) is 1.75. The van der Waals surface area contributed by atoms with Crippen LogP contribution in [-0.2, 0) is 0 Å². The van der Waals surface area contributed by atoms with Crippen LogP contribution in [0.15, 0.2) is 30.3 Å². The normalized spacial score (nSPS) is 28.4. The molecule has 2 atom stereocenters. The topological polar surface area (TPSA) is 75.8 Å². The van der Waals surface area contributed by atoms with E-state index in [0.29, 0.717) is 5.75 Å². The van der Waals surface area contributed by atoms with Crippen LogP contribution in [0.4, 0.5) is 4.79 Å². The number of primary amides is 1. The summed E-state index contributed by atoms with van der Waals surface area (Å²) in [6.07, 6.45) is -0.722. The van der Waals surface area contributed by atoms with Crippen LogP contribution in [0.1, 0.15) is 6.92 Å². The number of β-amino-alcohol motifs (C(OH)–C–C–N with tert-alkyl or cyclic N) is 1. The molecule has 86 valence electrons. The molecule has 0 radical (unpaired) electrons. The first-order chi connectivity index (χ1) is 7.54. The van der Waals surface area contributed by atoms with Crippen LogP contribution >= 0.6 is 0 Å². The van der Waals surface area contributed by atoms with Crippen LogP contribution in [0.3, 0.4) is 0 Å². The number of carbonyl (C=O) groups excluding carboxylic acids is 1. The minimum Gasteiger partial charge on any atom is -0.465 e. The minimum absolute atomic E-state index is 0.207. The number of urea groups is 1. The number of aliphatic hydroxyl groups is 1. The highest BCUT2D eigenvalue weighted by Gasteiger charge is 2.53. The molecule has 5 heteroatoms. The van der Waals surface area contributed by atoms with Gasteiger partial charge < -0.3 is 15.6 Å². The van der Waals surface area contributed by atoms with Gasteiger partial charge in [-0.05, 0) is 19.1 Å². The van der Waals surface area contributed by atoms with E-state index in [2.05, 4.69) is 0 Å². The van der Waals surface area contributed by atoms with Crippen LogP contribution in [0.2, 0.25) is 0 Å². The van der Waals surface area contributed by atoms with Crippen molar-refractivity contribution < 1.29 is 14.6 Å². The second kappa shape index (κ2) is 3.68. The third kappa shape index (κ3) is 1.59. The Bertz CT molecular complexity index is 395. The highest BCUT2D eigenvalue weighted by Crippen LogP contribution is 2.32. The largest absolute Gasteiger partial charge is 0.465 e. The first kappa shape index (κ1) is 10.8. The van der Waals surface area contributed by atoms with Crippen molar-refractivity contribution in [1.29, 1.82) is 0 Å². The highest BCUT2D eigenvalue weighted by molar-refractivity contribution is 5.74. The Morgan fingerprint density at radius 1 is 1.56 bits per heavy atom. The Labute approximate surface area is 93.4 Å². The zero-order chi connectivity index (χ0) is 11.8. The molecule has 2 amide bonds. The predicted molar refractivity (Wildman–Crippen MR) is 57.8 cm³/mol. The van der Waals surface area contributed by atoms with Gasteiger partial charge in [-0.2, -0.15) is 0 Å². The average Bonchev–Trinajstić information content (AvgIpc) is 2.26. The molecule has 16 heavy (non-hydrogen) atoms. The number of para-hydroxylation sites is 1. The Morgan fingerprint density at radius 2 is 2.19 bits per heavy atom. The van der Waals surface area contributed by atoms with Gasteiger partial charge in [0.1, 0.15) is 11.9 Å². The predicted octanol–water partition coefficient (Wildman–Crippen LogP) is 0.537. The van der Waals surface area contributed by atoms with E-state index in [1.165, 1.54) is 4.90 Å². The van der Waals surface area contributed by atoms with E-state index in [1.54, 1.807) is 19.1 Å². The Balaban J connectivity index is 2.16. The number of likely N-dealkylation sites (tertiary alicyclic amines) is 1. The van der Waals surface area contributed by atoms with Gasteiger partial charge in [0, 0.05) is 0 Å². The van der Waals surface area contributed by atoms with Crippen LogP contribution in [0, 0.1) is 0 Å². The van der Waals surface area contributed by atoms with Crippen molar-refractivity contribution in [3.05, 3.63) is 30.3 Å². The molecule has 1 saturated heterocycles. The summed E-state index contributed by atoms with van der Waals surface area (Å²) < 4.78 is 5.60. The van der Waals surface area contributed by atoms with Gasteiger partial charge in [-0.1, -0.05) is 18.2 Å². The molecule has 1 fully saturated rings. The zero-order valence-electron chi connectivity index (χ0n) is 8.96. The van der Waals surface area contributed by atoms with Crippen LogP contribution < -0.4 is 10.5 Å². The first-order valence-electron chi connectivity index (χ1n) is 5.03. The molecular weight excluding hydrogens is 208 g/mol. The summed E-state index contributed by atoms with van der Waals surface area (Å²) in [5.74, 6) is 0.593. The molecule has 3 N–H and O–H groups in total. The van der Waals surface area contributed by atoms with Crippen LogP contribution in [0.25, 0.3) is 0 Å². The third-order valence-electron chi connectivity index (χ3n) is 2.84. The Morgan fingerprint density at radius 3 is 2.69 bits per heavy atom. The van der Waals surface area contributed by atoms with Crippen molar-refractivity contribution in [2.24, 2.45) is 5.73 Å². The van der Waals surface area contributed by atoms with E-state index in [1.807, 2.05) is 18.2 Å². The number of rotatable bonds is 2. The molecule has 1 aliphatic heterocycles. The highest BCUT2D eigenvalue weighted by atomic mass is 16.5. The number of nitrogens with two attached hydrogens (primary N) is 1. The molecule has 1 aliphatic rings. The second-order valence-corrected chi connectivity index (χ2v) is 3.93. The number of carbonyl (C=O) groups is 1. The van der Waals surface area contributed by atoms with Gasteiger partial charge in [-0.3, -0.25) is 4.90 Å². The second-order valence-electron chi connectivity index (χ2n) is 3.93. The summed E-state index contributed by atoms with van der Waals surface area (Å²) in [5, 5.41) is 9.67. The van der Waals surface area contributed by atoms with Crippen molar-refractivity contribution in [3.8, 4) is 5.75 Å². The quantitative estimate of drug-likeness (QED) is 0.766. The molecule has 0 aromatic heterocycles. The third-order valence-corrected chi connectivity index (χ3v) is 2.84. The molecule has 2 rings (SSSR count). The molecule has 1 heterocycles. The number of nitrogens with zero attached hydrogens (tertiary/aromatic N) is 1. The lowest BCUT2D eigenvalue weighted by Crippen LogP contribution is -2.74. The van der Waals surface area contributed by atoms with Gasteiger partial charge in [-0.25, -0.2) is 4.79 Å². The number of aliphatic hydroxyl groups excluding tert-OH is 1. The Kier molecular flexibility index (Phi) is 2.47. The van der Waals surface area contributed by atoms with Crippen molar-refractivity contribution in [2.75, 3.05) is 6.54 Å². The van der Waals surface area contributed by atoms with E-state index >= 15 is 0 Å². The number of benzene rings is 1. The molecule has 0 saturated carbocycles. The van der Waals surface area contributed by atoms with Crippen LogP contribution in [-0.4, -0.2) is 34.4 Å². The first-order valence-corrected chi connectivity index (χ1v) is 5.03. The van der Waals surface area contributed by atoms with Gasteiger partial charge in [-0.15, -0.1) is 0 Å². The van der Waals surface area contributed by atoms with Gasteiger partial charge in [0.2, 0.25) is 5.72 Å². The summed E-state index contributed by atoms with van der Waals surface area (Å²) in [5.41, 5.74) is 4.12. The van der Waals surface area contributed by atoms with E-state index in [0.717, 1.165) is 0 Å². The minimum atomic E-state index is -1.06. The van der Waals surface area contributed by atoms with Gasteiger partial charge in [0.05, 0.1) is 6.54 Å². The number of hydrogen-bond donors (Lipinski definition) is 2. The molecule has 2 unspecified atom stereocenters. The fourth-order valence-corrected chi connectivity index (χ4v) is 1.75. The van der Waals surface area contributed by atoms with Crippen molar-refractivity contribution in [2.45, 2.75) is 18.8 Å². The standard InChI is InChI=1S/C11H14N2O3/c1-11(9(14)7-13(11)10(12)15)16-8-5-3-2-4-6-8/h2-6,9,14H,7H2,1H3,(H2,12,15). The smallest absolute Gasteiger partial charge is 0.318 e. The van der Waals surface area contributed by atoms with Gasteiger partial charge in [0.15, 0.2) is 0 Å². The molecule has 1 aromatic rings. The van der Waals surface area contributed by atoms with Crippen molar-refractivity contribution in [1.82, 2.24) is 4.90 Å². The van der Waals surface area contributed by atoms with E-state index in [-0.39, 0.29) is 6.54 Å². The number of ether oxygens (including phenoxy) is 1. The average molecular weight is 222 g/mol. The van der Waals surface area contributed by atoms with E-state index in [4.69, 9.17) is 10.5 Å². The summed E-state index contributed by atoms with van der Waals surface area (Å²) >= 11 is 0. The maximum atomic E-state index is 11.1. The summed E-state index contributed by atoms with van der Waals surface area (Å²) in [7, 11) is 0.